The number of hydrogen-bond donors (Lipinski definition) is 1. The van der Waals surface area contributed by atoms with Gasteiger partial charge in [-0.3, -0.25) is 4.79 Å². The van der Waals surface area contributed by atoms with Crippen LogP contribution in [0.5, 0.6) is 0 Å². The predicted octanol–water partition coefficient (Wildman–Crippen LogP) is 5.66. The van der Waals surface area contributed by atoms with Crippen LogP contribution in [0.3, 0.4) is 0 Å². The fraction of sp³-hybridized carbons (Fsp3) is 0.200. The summed E-state index contributed by atoms with van der Waals surface area (Å²) in [6.45, 7) is 0. The molecule has 0 radical (unpaired) electrons. The van der Waals surface area contributed by atoms with Crippen molar-refractivity contribution >= 4 is 33.8 Å². The van der Waals surface area contributed by atoms with Crippen molar-refractivity contribution in [2.45, 2.75) is 25.7 Å². The van der Waals surface area contributed by atoms with Crippen LogP contribution in [0.25, 0.3) is 11.3 Å². The molecule has 0 bridgehead atoms. The standard InChI is InChI=1S/C20H15ClN2O2S/c21-13-7-5-12(6-8-13)16-9-10-17(25-16)19(24)23-20-15(11-22)14-3-1-2-4-18(14)26-20/h5-10H,1-4H2,(H,23,24). The predicted molar refractivity (Wildman–Crippen MR) is 103 cm³/mol. The van der Waals surface area contributed by atoms with Gasteiger partial charge < -0.3 is 9.73 Å². The minimum atomic E-state index is -0.347. The van der Waals surface area contributed by atoms with Crippen LogP contribution >= 0.6 is 22.9 Å². The summed E-state index contributed by atoms with van der Waals surface area (Å²) >= 11 is 7.40. The smallest absolute Gasteiger partial charge is 0.292 e. The highest BCUT2D eigenvalue weighted by atomic mass is 35.5. The van der Waals surface area contributed by atoms with Gasteiger partial charge in [0.25, 0.3) is 5.91 Å². The lowest BCUT2D eigenvalue weighted by molar-refractivity contribution is 0.0998. The minimum absolute atomic E-state index is 0.213. The third kappa shape index (κ3) is 3.14. The van der Waals surface area contributed by atoms with E-state index in [1.54, 1.807) is 24.3 Å². The van der Waals surface area contributed by atoms with Crippen LogP contribution in [-0.2, 0) is 12.8 Å². The van der Waals surface area contributed by atoms with Gasteiger partial charge in [-0.1, -0.05) is 11.6 Å². The third-order valence-electron chi connectivity index (χ3n) is 4.47. The fourth-order valence-electron chi connectivity index (χ4n) is 3.17. The van der Waals surface area contributed by atoms with Crippen LogP contribution in [0.15, 0.2) is 40.8 Å². The molecule has 0 saturated heterocycles. The van der Waals surface area contributed by atoms with Gasteiger partial charge in [-0.25, -0.2) is 0 Å². The number of furan rings is 1. The molecule has 1 amide bonds. The van der Waals surface area contributed by atoms with Crippen molar-refractivity contribution in [2.75, 3.05) is 5.32 Å². The van der Waals surface area contributed by atoms with Crippen LogP contribution in [0.1, 0.15) is 39.4 Å². The molecule has 0 atom stereocenters. The normalized spacial score (nSPS) is 13.1. The van der Waals surface area contributed by atoms with Gasteiger partial charge in [0.2, 0.25) is 0 Å². The van der Waals surface area contributed by atoms with Gasteiger partial charge in [-0.2, -0.15) is 5.26 Å². The number of carbonyl (C=O) groups is 1. The maximum Gasteiger partial charge on any atom is 0.292 e. The molecule has 1 aliphatic carbocycles. The molecule has 2 aromatic heterocycles. The topological polar surface area (TPSA) is 66.0 Å². The highest BCUT2D eigenvalue weighted by Gasteiger charge is 2.23. The number of aryl methyl sites for hydroxylation is 1. The fourth-order valence-corrected chi connectivity index (χ4v) is 4.53. The Morgan fingerprint density at radius 3 is 2.69 bits per heavy atom. The molecular weight excluding hydrogens is 368 g/mol. The second kappa shape index (κ2) is 6.99. The first-order valence-corrected chi connectivity index (χ1v) is 9.57. The Kier molecular flexibility index (Phi) is 4.54. The lowest BCUT2D eigenvalue weighted by Crippen LogP contribution is -2.10. The number of nitrogens with zero attached hydrogens (tertiary/aromatic N) is 1. The molecule has 4 nitrogen and oxygen atoms in total. The minimum Gasteiger partial charge on any atom is -0.451 e. The summed E-state index contributed by atoms with van der Waals surface area (Å²) in [6, 6.07) is 12.9. The lowest BCUT2D eigenvalue weighted by atomic mass is 9.96. The van der Waals surface area contributed by atoms with Crippen LogP contribution in [-0.4, -0.2) is 5.91 Å². The first kappa shape index (κ1) is 16.9. The second-order valence-corrected chi connectivity index (χ2v) is 7.69. The molecule has 1 aliphatic rings. The number of thiophene rings is 1. The molecule has 0 unspecified atom stereocenters. The van der Waals surface area contributed by atoms with Crippen molar-refractivity contribution in [3.63, 3.8) is 0 Å². The van der Waals surface area contributed by atoms with Crippen LogP contribution in [0, 0.1) is 11.3 Å². The summed E-state index contributed by atoms with van der Waals surface area (Å²) in [5.41, 5.74) is 2.54. The van der Waals surface area contributed by atoms with Crippen molar-refractivity contribution in [3.05, 3.63) is 63.2 Å². The Morgan fingerprint density at radius 1 is 1.15 bits per heavy atom. The molecule has 1 N–H and O–H groups in total. The largest absolute Gasteiger partial charge is 0.451 e. The Morgan fingerprint density at radius 2 is 1.92 bits per heavy atom. The summed E-state index contributed by atoms with van der Waals surface area (Å²) in [5, 5.41) is 13.6. The molecule has 2 heterocycles. The second-order valence-electron chi connectivity index (χ2n) is 6.15. The number of anilines is 1. The van der Waals surface area contributed by atoms with E-state index in [9.17, 15) is 10.1 Å². The number of carbonyl (C=O) groups excluding carboxylic acids is 1. The number of amides is 1. The highest BCUT2D eigenvalue weighted by Crippen LogP contribution is 2.38. The van der Waals surface area contributed by atoms with Gasteiger partial charge in [-0.05, 0) is 67.6 Å². The maximum absolute atomic E-state index is 12.6. The van der Waals surface area contributed by atoms with E-state index < -0.39 is 0 Å². The molecule has 6 heteroatoms. The summed E-state index contributed by atoms with van der Waals surface area (Å²) in [6.07, 6.45) is 4.11. The summed E-state index contributed by atoms with van der Waals surface area (Å²) in [4.78, 5) is 13.8. The first-order chi connectivity index (χ1) is 12.7. The molecule has 1 aromatic carbocycles. The molecule has 4 rings (SSSR count). The molecule has 3 aromatic rings. The average molecular weight is 383 g/mol. The van der Waals surface area contributed by atoms with E-state index >= 15 is 0 Å². The monoisotopic (exact) mass is 382 g/mol. The Labute approximate surface area is 160 Å². The van der Waals surface area contributed by atoms with Gasteiger partial charge in [0.1, 0.15) is 16.8 Å². The highest BCUT2D eigenvalue weighted by molar-refractivity contribution is 7.16. The van der Waals surface area contributed by atoms with Gasteiger partial charge in [0, 0.05) is 15.5 Å². The number of rotatable bonds is 3. The third-order valence-corrected chi connectivity index (χ3v) is 5.93. The van der Waals surface area contributed by atoms with Crippen LogP contribution < -0.4 is 5.32 Å². The van der Waals surface area contributed by atoms with Gasteiger partial charge in [0.15, 0.2) is 5.76 Å². The first-order valence-electron chi connectivity index (χ1n) is 8.37. The zero-order valence-corrected chi connectivity index (χ0v) is 15.4. The number of halogens is 1. The van der Waals surface area contributed by atoms with E-state index in [0.29, 0.717) is 21.3 Å². The number of nitrogens with one attached hydrogen (secondary N) is 1. The molecule has 0 saturated carbocycles. The maximum atomic E-state index is 12.6. The molecule has 26 heavy (non-hydrogen) atoms. The van der Waals surface area contributed by atoms with E-state index in [4.69, 9.17) is 16.0 Å². The lowest BCUT2D eigenvalue weighted by Gasteiger charge is -2.09. The molecule has 0 aliphatic heterocycles. The van der Waals surface area contributed by atoms with E-state index in [2.05, 4.69) is 11.4 Å². The van der Waals surface area contributed by atoms with E-state index in [1.807, 2.05) is 12.1 Å². The average Bonchev–Trinajstić information content (AvgIpc) is 3.26. The number of nitriles is 1. The Balaban J connectivity index is 1.57. The Hall–Kier alpha value is -2.55. The summed E-state index contributed by atoms with van der Waals surface area (Å²) < 4.78 is 5.69. The zero-order valence-electron chi connectivity index (χ0n) is 13.8. The van der Waals surface area contributed by atoms with Crippen LogP contribution in [0.2, 0.25) is 5.02 Å². The summed E-state index contributed by atoms with van der Waals surface area (Å²) in [5.74, 6) is 0.461. The van der Waals surface area contributed by atoms with Gasteiger partial charge >= 0.3 is 0 Å². The summed E-state index contributed by atoms with van der Waals surface area (Å²) in [7, 11) is 0. The quantitative estimate of drug-likeness (QED) is 0.635. The number of hydrogen-bond acceptors (Lipinski definition) is 4. The zero-order chi connectivity index (χ0) is 18.1. The van der Waals surface area contributed by atoms with Crippen molar-refractivity contribution < 1.29 is 9.21 Å². The van der Waals surface area contributed by atoms with Crippen molar-refractivity contribution in [2.24, 2.45) is 0 Å². The van der Waals surface area contributed by atoms with Crippen LogP contribution in [0.4, 0.5) is 5.00 Å². The molecule has 0 spiro atoms. The van der Waals surface area contributed by atoms with E-state index in [-0.39, 0.29) is 11.7 Å². The molecule has 0 fully saturated rings. The van der Waals surface area contributed by atoms with Crippen molar-refractivity contribution in [1.82, 2.24) is 0 Å². The van der Waals surface area contributed by atoms with Crippen molar-refractivity contribution in [3.8, 4) is 17.4 Å². The van der Waals surface area contributed by atoms with Crippen molar-refractivity contribution in [1.29, 1.82) is 5.26 Å². The van der Waals surface area contributed by atoms with E-state index in [0.717, 1.165) is 36.8 Å². The Bertz CT molecular complexity index is 1010. The molecule has 130 valence electrons. The SMILES string of the molecule is N#Cc1c(NC(=O)c2ccc(-c3ccc(Cl)cc3)o2)sc2c1CCCC2. The van der Waals surface area contributed by atoms with E-state index in [1.165, 1.54) is 16.2 Å². The van der Waals surface area contributed by atoms with Gasteiger partial charge in [0.05, 0.1) is 5.56 Å². The number of benzene rings is 1. The van der Waals surface area contributed by atoms with Gasteiger partial charge in [-0.15, -0.1) is 11.3 Å². The molecular formula is C20H15ClN2O2S. The number of fused-ring (bicyclic) bond motifs is 1.